The molecule has 4 aromatic heterocycles. The molecule has 1 aliphatic heterocycles. The zero-order valence-corrected chi connectivity index (χ0v) is 22.2. The molecule has 0 radical (unpaired) electrons. The lowest BCUT2D eigenvalue weighted by atomic mass is 10.1. The van der Waals surface area contributed by atoms with Gasteiger partial charge in [0.05, 0.1) is 4.88 Å². The molecule has 5 rings (SSSR count). The summed E-state index contributed by atoms with van der Waals surface area (Å²) in [5, 5.41) is 0. The molecule has 0 N–H and O–H groups in total. The van der Waals surface area contributed by atoms with E-state index in [2.05, 4.69) is 50.2 Å². The van der Waals surface area contributed by atoms with E-state index in [4.69, 9.17) is 0 Å². The first-order valence-corrected chi connectivity index (χ1v) is 15.6. The Kier molecular flexibility index (Phi) is 7.06. The molecule has 0 saturated heterocycles. The van der Waals surface area contributed by atoms with Gasteiger partial charge in [-0.1, -0.05) is 26.7 Å². The van der Waals surface area contributed by atoms with Gasteiger partial charge in [0.15, 0.2) is 0 Å². The van der Waals surface area contributed by atoms with Gasteiger partial charge < -0.3 is 0 Å². The lowest BCUT2D eigenvalue weighted by molar-refractivity contribution is 0.804. The molecule has 1 aliphatic rings. The number of aryl methyl sites for hydroxylation is 3. The maximum atomic E-state index is 2.48. The minimum absolute atomic E-state index is 1.18. The van der Waals surface area contributed by atoms with Crippen LogP contribution in [0, 0.1) is 0 Å². The van der Waals surface area contributed by atoms with Gasteiger partial charge in [-0.05, 0) is 74.1 Å². The summed E-state index contributed by atoms with van der Waals surface area (Å²) < 4.78 is 0. The van der Waals surface area contributed by atoms with Crippen LogP contribution in [-0.2, 0) is 19.3 Å². The van der Waals surface area contributed by atoms with Gasteiger partial charge in [0.25, 0.3) is 0 Å². The molecule has 0 atom stereocenters. The van der Waals surface area contributed by atoms with Crippen molar-refractivity contribution in [1.82, 2.24) is 0 Å². The Labute approximate surface area is 206 Å². The summed E-state index contributed by atoms with van der Waals surface area (Å²) in [4.78, 5) is 13.4. The lowest BCUT2D eigenvalue weighted by Gasteiger charge is -1.96. The van der Waals surface area contributed by atoms with Crippen LogP contribution in [-0.4, -0.2) is 5.75 Å². The van der Waals surface area contributed by atoms with E-state index in [1.54, 1.807) is 5.56 Å². The molecule has 0 unspecified atom stereocenters. The first kappa shape index (κ1) is 22.0. The van der Waals surface area contributed by atoms with Crippen LogP contribution < -0.4 is 0 Å². The number of thiophene rings is 4. The molecule has 162 valence electrons. The van der Waals surface area contributed by atoms with E-state index in [1.165, 1.54) is 94.6 Å². The second-order valence-electron chi connectivity index (χ2n) is 8.11. The SMILES string of the molecule is CCCCc1ccc(-c2cc3c(s2)-c2sc(-c4ccc(CCCC)s4)cc2SCC3)s1. The van der Waals surface area contributed by atoms with Crippen LogP contribution in [0.1, 0.15) is 54.8 Å². The smallest absolute Gasteiger partial charge is 0.0588 e. The van der Waals surface area contributed by atoms with Crippen molar-refractivity contribution in [2.45, 2.75) is 63.7 Å². The van der Waals surface area contributed by atoms with Crippen LogP contribution in [0.5, 0.6) is 0 Å². The first-order chi connectivity index (χ1) is 15.2. The van der Waals surface area contributed by atoms with Crippen molar-refractivity contribution in [2.75, 3.05) is 5.75 Å². The molecular weight excluding hydrogens is 473 g/mol. The van der Waals surface area contributed by atoms with Gasteiger partial charge in [0.2, 0.25) is 0 Å². The molecule has 0 saturated carbocycles. The summed E-state index contributed by atoms with van der Waals surface area (Å²) in [7, 11) is 0. The number of rotatable bonds is 8. The number of hydrogen-bond acceptors (Lipinski definition) is 5. The van der Waals surface area contributed by atoms with E-state index in [0.717, 1.165) is 0 Å². The Morgan fingerprint density at radius 2 is 1.29 bits per heavy atom. The van der Waals surface area contributed by atoms with Gasteiger partial charge in [-0.15, -0.1) is 57.1 Å². The topological polar surface area (TPSA) is 0 Å². The fourth-order valence-corrected chi connectivity index (χ4v) is 10.1. The van der Waals surface area contributed by atoms with E-state index in [0.29, 0.717) is 0 Å². The largest absolute Gasteiger partial charge is 0.139 e. The number of thioether (sulfide) groups is 1. The summed E-state index contributed by atoms with van der Waals surface area (Å²) in [5.74, 6) is 1.19. The van der Waals surface area contributed by atoms with E-state index in [1.807, 2.05) is 57.1 Å². The van der Waals surface area contributed by atoms with Crippen molar-refractivity contribution in [3.8, 4) is 29.3 Å². The summed E-state index contributed by atoms with van der Waals surface area (Å²) in [6, 6.07) is 14.3. The van der Waals surface area contributed by atoms with Crippen LogP contribution >= 0.6 is 57.1 Å². The molecule has 0 nitrogen and oxygen atoms in total. The third-order valence-corrected chi connectivity index (χ3v) is 12.0. The van der Waals surface area contributed by atoms with Gasteiger partial charge >= 0.3 is 0 Å². The Morgan fingerprint density at radius 3 is 1.94 bits per heavy atom. The van der Waals surface area contributed by atoms with Gasteiger partial charge in [-0.25, -0.2) is 0 Å². The van der Waals surface area contributed by atoms with E-state index in [9.17, 15) is 0 Å². The first-order valence-electron chi connectivity index (χ1n) is 11.3. The predicted octanol–water partition coefficient (Wildman–Crippen LogP) is 10.3. The zero-order valence-electron chi connectivity index (χ0n) is 18.2. The highest BCUT2D eigenvalue weighted by Gasteiger charge is 2.23. The Hall–Kier alpha value is -0.850. The predicted molar refractivity (Wildman–Crippen MR) is 146 cm³/mol. The molecule has 0 fully saturated rings. The van der Waals surface area contributed by atoms with Gasteiger partial charge in [0.1, 0.15) is 0 Å². The van der Waals surface area contributed by atoms with E-state index >= 15 is 0 Å². The summed E-state index contributed by atoms with van der Waals surface area (Å²) >= 11 is 10.1. The van der Waals surface area contributed by atoms with Crippen LogP contribution in [0.2, 0.25) is 0 Å². The molecule has 0 aliphatic carbocycles. The highest BCUT2D eigenvalue weighted by Crippen LogP contribution is 2.51. The zero-order chi connectivity index (χ0) is 21.2. The average molecular weight is 501 g/mol. The normalized spacial score (nSPS) is 13.2. The quantitative estimate of drug-likeness (QED) is 0.232. The van der Waals surface area contributed by atoms with Gasteiger partial charge in [-0.2, -0.15) is 0 Å². The molecular formula is C26H28S5. The number of fused-ring (bicyclic) bond motifs is 3. The van der Waals surface area contributed by atoms with Crippen molar-refractivity contribution in [3.63, 3.8) is 0 Å². The summed E-state index contributed by atoms with van der Waals surface area (Å²) in [5.41, 5.74) is 1.55. The maximum absolute atomic E-state index is 2.48. The van der Waals surface area contributed by atoms with Crippen molar-refractivity contribution < 1.29 is 0 Å². The molecule has 5 heteroatoms. The van der Waals surface area contributed by atoms with E-state index < -0.39 is 0 Å². The third kappa shape index (κ3) is 4.77. The van der Waals surface area contributed by atoms with Crippen molar-refractivity contribution in [2.24, 2.45) is 0 Å². The maximum Gasteiger partial charge on any atom is 0.0588 e. The monoisotopic (exact) mass is 500 g/mol. The molecule has 0 amide bonds. The molecule has 5 heterocycles. The van der Waals surface area contributed by atoms with Gasteiger partial charge in [-0.3, -0.25) is 0 Å². The van der Waals surface area contributed by atoms with Gasteiger partial charge in [0, 0.05) is 44.8 Å². The second-order valence-corrected chi connectivity index (χ2v) is 13.7. The fourth-order valence-electron chi connectivity index (χ4n) is 3.95. The third-order valence-electron chi connectivity index (χ3n) is 5.70. The molecule has 0 spiro atoms. The van der Waals surface area contributed by atoms with Crippen molar-refractivity contribution in [1.29, 1.82) is 0 Å². The van der Waals surface area contributed by atoms with E-state index in [-0.39, 0.29) is 0 Å². The Bertz CT molecular complexity index is 1060. The van der Waals surface area contributed by atoms with Crippen molar-refractivity contribution in [3.05, 3.63) is 51.7 Å². The number of hydrogen-bond donors (Lipinski definition) is 0. The molecule has 4 aromatic rings. The Morgan fingerprint density at radius 1 is 0.677 bits per heavy atom. The molecule has 31 heavy (non-hydrogen) atoms. The summed E-state index contributed by atoms with van der Waals surface area (Å²) in [6.07, 6.45) is 8.75. The highest BCUT2D eigenvalue weighted by molar-refractivity contribution is 7.99. The lowest BCUT2D eigenvalue weighted by Crippen LogP contribution is -1.83. The minimum atomic E-state index is 1.18. The number of unbranched alkanes of at least 4 members (excludes halogenated alkanes) is 2. The Balaban J connectivity index is 1.45. The van der Waals surface area contributed by atoms with Crippen LogP contribution in [0.3, 0.4) is 0 Å². The minimum Gasteiger partial charge on any atom is -0.139 e. The standard InChI is InChI=1S/C26H28S5/c1-3-5-7-18-9-11-20(28-18)22-15-17-13-14-27-24-16-23(31-26(24)25(17)30-22)21-12-10-19(29-21)8-6-4-2/h9-12,15-16H,3-8,13-14H2,1-2H3. The van der Waals surface area contributed by atoms with Crippen LogP contribution in [0.4, 0.5) is 0 Å². The molecule has 0 bridgehead atoms. The van der Waals surface area contributed by atoms with Crippen LogP contribution in [0.15, 0.2) is 41.3 Å². The van der Waals surface area contributed by atoms with Crippen LogP contribution in [0.25, 0.3) is 29.3 Å². The van der Waals surface area contributed by atoms with Crippen molar-refractivity contribution >= 4 is 57.1 Å². The average Bonchev–Trinajstić information content (AvgIpc) is 3.55. The highest BCUT2D eigenvalue weighted by atomic mass is 32.2. The fraction of sp³-hybridized carbons (Fsp3) is 0.385. The second kappa shape index (κ2) is 9.96. The molecule has 0 aromatic carbocycles. The summed E-state index contributed by atoms with van der Waals surface area (Å²) in [6.45, 7) is 4.55.